The molecule has 160 valence electrons. The molecule has 0 atom stereocenters. The minimum atomic E-state index is 0. The minimum Gasteiger partial charge on any atom is -0.308 e. The van der Waals surface area contributed by atoms with E-state index in [2.05, 4.69) is 85.8 Å². The molecule has 6 nitrogen and oxygen atoms in total. The van der Waals surface area contributed by atoms with E-state index in [0.717, 1.165) is 52.4 Å². The van der Waals surface area contributed by atoms with Crippen LogP contribution in [0.4, 0.5) is 0 Å². The van der Waals surface area contributed by atoms with Crippen LogP contribution in [0.15, 0.2) is 0 Å². The molecule has 0 saturated carbocycles. The molecule has 0 spiro atoms. The summed E-state index contributed by atoms with van der Waals surface area (Å²) in [6.45, 7) is 11.6. The Morgan fingerprint density at radius 1 is 0.346 bits per heavy atom. The Labute approximate surface area is 170 Å². The summed E-state index contributed by atoms with van der Waals surface area (Å²) in [4.78, 5) is 14.4. The Kier molecular flexibility index (Phi) is 18.7. The first kappa shape index (κ1) is 28.3. The third-order valence-corrected chi connectivity index (χ3v) is 4.40. The first-order valence-electron chi connectivity index (χ1n) is 9.74. The van der Waals surface area contributed by atoms with Gasteiger partial charge in [-0.3, -0.25) is 0 Å². The van der Waals surface area contributed by atoms with E-state index in [1.54, 1.807) is 0 Å². The molecule has 0 aromatic carbocycles. The van der Waals surface area contributed by atoms with Crippen molar-refractivity contribution in [2.75, 3.05) is 122 Å². The number of hydrogen-bond donors (Lipinski definition) is 0. The van der Waals surface area contributed by atoms with E-state index >= 15 is 0 Å². The highest BCUT2D eigenvalue weighted by atomic mass is 35.5. The molecule has 0 amide bonds. The van der Waals surface area contributed by atoms with E-state index in [1.165, 1.54) is 19.5 Å². The first-order valence-corrected chi connectivity index (χ1v) is 9.74. The Bertz CT molecular complexity index is 248. The van der Waals surface area contributed by atoms with Crippen molar-refractivity contribution in [3.8, 4) is 0 Å². The zero-order valence-corrected chi connectivity index (χ0v) is 19.7. The van der Waals surface area contributed by atoms with E-state index in [-0.39, 0.29) is 12.4 Å². The lowest BCUT2D eigenvalue weighted by Gasteiger charge is -2.28. The Morgan fingerprint density at radius 2 is 0.577 bits per heavy atom. The second kappa shape index (κ2) is 17.2. The van der Waals surface area contributed by atoms with Crippen LogP contribution in [0.1, 0.15) is 6.42 Å². The van der Waals surface area contributed by atoms with Gasteiger partial charge >= 0.3 is 0 Å². The normalized spacial score (nSPS) is 12.2. The lowest BCUT2D eigenvalue weighted by Crippen LogP contribution is -2.40. The molecule has 0 aromatic rings. The van der Waals surface area contributed by atoms with Crippen LogP contribution < -0.4 is 0 Å². The van der Waals surface area contributed by atoms with Crippen molar-refractivity contribution in [2.24, 2.45) is 0 Å². The molecule has 0 saturated heterocycles. The summed E-state index contributed by atoms with van der Waals surface area (Å²) in [7, 11) is 17.3. The molecule has 0 aliphatic carbocycles. The van der Waals surface area contributed by atoms with Crippen LogP contribution in [0, 0.1) is 0 Å². The topological polar surface area (TPSA) is 19.4 Å². The van der Waals surface area contributed by atoms with Crippen LogP contribution >= 0.6 is 12.4 Å². The summed E-state index contributed by atoms with van der Waals surface area (Å²) in [5.41, 5.74) is 0. The van der Waals surface area contributed by atoms with Gasteiger partial charge in [0.25, 0.3) is 0 Å². The highest BCUT2D eigenvalue weighted by molar-refractivity contribution is 5.85. The molecule has 26 heavy (non-hydrogen) atoms. The van der Waals surface area contributed by atoms with Crippen LogP contribution in [-0.2, 0) is 0 Å². The van der Waals surface area contributed by atoms with Gasteiger partial charge in [0, 0.05) is 52.4 Å². The molecular weight excluding hydrogens is 348 g/mol. The van der Waals surface area contributed by atoms with E-state index in [0.29, 0.717) is 0 Å². The average Bonchev–Trinajstić information content (AvgIpc) is 2.50. The molecule has 0 aromatic heterocycles. The molecule has 7 heteroatoms. The summed E-state index contributed by atoms with van der Waals surface area (Å²) in [6.07, 6.45) is 1.25. The fourth-order valence-corrected chi connectivity index (χ4v) is 2.55. The summed E-state index contributed by atoms with van der Waals surface area (Å²) >= 11 is 0. The average molecular weight is 395 g/mol. The molecule has 0 bridgehead atoms. The Morgan fingerprint density at radius 3 is 0.769 bits per heavy atom. The van der Waals surface area contributed by atoms with Crippen molar-refractivity contribution in [1.82, 2.24) is 29.4 Å². The lowest BCUT2D eigenvalue weighted by molar-refractivity contribution is 0.185. The largest absolute Gasteiger partial charge is 0.308 e. The number of nitrogens with zero attached hydrogens (tertiary/aromatic N) is 6. The maximum absolute atomic E-state index is 2.62. The fourth-order valence-electron chi connectivity index (χ4n) is 2.55. The lowest BCUT2D eigenvalue weighted by atomic mass is 10.3. The third-order valence-electron chi connectivity index (χ3n) is 4.40. The maximum Gasteiger partial charge on any atom is 0.0110 e. The quantitative estimate of drug-likeness (QED) is 0.380. The second-order valence-corrected chi connectivity index (χ2v) is 8.25. The molecule has 0 aliphatic heterocycles. The van der Waals surface area contributed by atoms with Crippen molar-refractivity contribution in [1.29, 1.82) is 0 Å². The van der Waals surface area contributed by atoms with Crippen molar-refractivity contribution in [3.63, 3.8) is 0 Å². The minimum absolute atomic E-state index is 0. The number of rotatable bonds is 16. The zero-order chi connectivity index (χ0) is 19.2. The van der Waals surface area contributed by atoms with Crippen LogP contribution in [0.3, 0.4) is 0 Å². The van der Waals surface area contributed by atoms with Gasteiger partial charge in [0.1, 0.15) is 0 Å². The van der Waals surface area contributed by atoms with Gasteiger partial charge in [-0.2, -0.15) is 0 Å². The molecule has 0 aliphatic rings. The summed E-state index contributed by atoms with van der Waals surface area (Å²) in [5, 5.41) is 0. The van der Waals surface area contributed by atoms with E-state index < -0.39 is 0 Å². The smallest absolute Gasteiger partial charge is 0.0110 e. The van der Waals surface area contributed by atoms with E-state index in [4.69, 9.17) is 0 Å². The first-order chi connectivity index (χ1) is 11.7. The molecule has 0 heterocycles. The predicted octanol–water partition coefficient (Wildman–Crippen LogP) is 0.649. The van der Waals surface area contributed by atoms with Gasteiger partial charge < -0.3 is 29.4 Å². The number of hydrogen-bond acceptors (Lipinski definition) is 6. The monoisotopic (exact) mass is 394 g/mol. The van der Waals surface area contributed by atoms with Crippen molar-refractivity contribution in [2.45, 2.75) is 6.42 Å². The van der Waals surface area contributed by atoms with E-state index in [9.17, 15) is 0 Å². The summed E-state index contributed by atoms with van der Waals surface area (Å²) in [5.74, 6) is 0. The highest BCUT2D eigenvalue weighted by Gasteiger charge is 2.10. The SMILES string of the molecule is CN(C)CCN(CCCN(CCN(C)C)CCN(C)C)CCN(C)C.Cl. The van der Waals surface area contributed by atoms with Gasteiger partial charge in [0.15, 0.2) is 0 Å². The Hall–Kier alpha value is 0.0500. The van der Waals surface area contributed by atoms with Gasteiger partial charge in [-0.15, -0.1) is 12.4 Å². The summed E-state index contributed by atoms with van der Waals surface area (Å²) < 4.78 is 0. The maximum atomic E-state index is 2.62. The molecule has 0 fully saturated rings. The number of halogens is 1. The molecule has 0 rings (SSSR count). The number of likely N-dealkylation sites (N-methyl/N-ethyl adjacent to an activating group) is 4. The molecular formula is C19H47ClN6. The Balaban J connectivity index is 0. The molecule has 0 unspecified atom stereocenters. The van der Waals surface area contributed by atoms with Gasteiger partial charge in [-0.05, 0) is 75.9 Å². The fraction of sp³-hybridized carbons (Fsp3) is 1.00. The van der Waals surface area contributed by atoms with Gasteiger partial charge in [0.2, 0.25) is 0 Å². The summed E-state index contributed by atoms with van der Waals surface area (Å²) in [6, 6.07) is 0. The predicted molar refractivity (Wildman–Crippen MR) is 119 cm³/mol. The van der Waals surface area contributed by atoms with E-state index in [1.807, 2.05) is 0 Å². The van der Waals surface area contributed by atoms with Crippen LogP contribution in [0.25, 0.3) is 0 Å². The van der Waals surface area contributed by atoms with Crippen LogP contribution in [0.5, 0.6) is 0 Å². The molecule has 0 N–H and O–H groups in total. The van der Waals surface area contributed by atoms with Crippen molar-refractivity contribution >= 4 is 12.4 Å². The van der Waals surface area contributed by atoms with Gasteiger partial charge in [0.05, 0.1) is 0 Å². The second-order valence-electron chi connectivity index (χ2n) is 8.25. The van der Waals surface area contributed by atoms with Crippen LogP contribution in [-0.4, -0.2) is 151 Å². The van der Waals surface area contributed by atoms with Gasteiger partial charge in [-0.25, -0.2) is 0 Å². The molecule has 0 radical (unpaired) electrons. The zero-order valence-electron chi connectivity index (χ0n) is 18.9. The standard InChI is InChI=1S/C19H46N6.ClH/c1-20(2)12-16-24(17-13-21(3)4)10-9-11-25(18-14-22(5)6)19-15-23(7)8;/h9-19H2,1-8H3;1H. The highest BCUT2D eigenvalue weighted by Crippen LogP contribution is 1.98. The van der Waals surface area contributed by atoms with Crippen molar-refractivity contribution < 1.29 is 0 Å². The third kappa shape index (κ3) is 18.8. The van der Waals surface area contributed by atoms with Crippen molar-refractivity contribution in [3.05, 3.63) is 0 Å². The van der Waals surface area contributed by atoms with Gasteiger partial charge in [-0.1, -0.05) is 0 Å². The van der Waals surface area contributed by atoms with Crippen LogP contribution in [0.2, 0.25) is 0 Å².